The Balaban J connectivity index is 0.000000403. The second kappa shape index (κ2) is 9.41. The number of halogens is 8. The monoisotopic (exact) mass is 412 g/mol. The molecular weight excluding hydrogens is 405 g/mol. The van der Waals surface area contributed by atoms with Crippen LogP contribution in [0.15, 0.2) is 24.3 Å². The summed E-state index contributed by atoms with van der Waals surface area (Å²) in [5, 5.41) is 0.194. The summed E-state index contributed by atoms with van der Waals surface area (Å²) >= 11 is 10.7. The maximum atomic E-state index is 11.9. The molecule has 0 radical (unpaired) electrons. The van der Waals surface area contributed by atoms with Gasteiger partial charge in [0, 0.05) is 22.4 Å². The Labute approximate surface area is 151 Å². The third-order valence-corrected chi connectivity index (χ3v) is 2.77. The molecule has 0 N–H and O–H groups in total. The molecule has 0 amide bonds. The second-order valence-corrected chi connectivity index (χ2v) is 4.89. The van der Waals surface area contributed by atoms with Crippen molar-refractivity contribution in [2.45, 2.75) is 12.4 Å². The molecule has 0 aliphatic heterocycles. The molecule has 0 aromatic heterocycles. The number of rotatable bonds is 0. The molecule has 2 rings (SSSR count). The van der Waals surface area contributed by atoms with Gasteiger partial charge in [0.2, 0.25) is 6.18 Å². The van der Waals surface area contributed by atoms with Crippen LogP contribution in [0.3, 0.4) is 0 Å². The molecule has 9 heteroatoms. The summed E-state index contributed by atoms with van der Waals surface area (Å²) in [5.41, 5.74) is -0.718. The van der Waals surface area contributed by atoms with Gasteiger partial charge in [-0.25, -0.2) is 13.2 Å². The molecule has 0 saturated heterocycles. The SMILES string of the molecule is FC(F)(F)[C-]1[CH-][CH-][CH-][C-](Cl)[CH-]1.FC(F)(F)c1cccc(Cl)c1.[Cr]. The van der Waals surface area contributed by atoms with Crippen LogP contribution in [0, 0.1) is 37.0 Å². The number of benzene rings is 1. The van der Waals surface area contributed by atoms with Crippen molar-refractivity contribution in [1.82, 2.24) is 0 Å². The molecule has 1 saturated carbocycles. The van der Waals surface area contributed by atoms with Crippen molar-refractivity contribution in [2.24, 2.45) is 0 Å². The zero-order chi connectivity index (χ0) is 17.0. The third kappa shape index (κ3) is 8.53. The Morgan fingerprint density at radius 3 is 1.96 bits per heavy atom. The van der Waals surface area contributed by atoms with Crippen LogP contribution in [-0.4, -0.2) is 6.18 Å². The second-order valence-electron chi connectivity index (χ2n) is 4.02. The largest absolute Gasteiger partial charge is 0.724 e. The molecule has 1 aliphatic rings. The van der Waals surface area contributed by atoms with Crippen molar-refractivity contribution < 1.29 is 43.7 Å². The number of alkyl halides is 6. The Kier molecular flexibility index (Phi) is 9.37. The standard InChI is InChI=1S/2C7H4ClF3.Cr/c2*8-6-3-1-2-5(4-6)7(9,10)11;/h2*1-4H;/q;-6;. The molecule has 0 heterocycles. The van der Waals surface area contributed by atoms with Gasteiger partial charge >= 0.3 is 6.18 Å². The van der Waals surface area contributed by atoms with E-state index in [-0.39, 0.29) is 27.8 Å². The number of hydrogen-bond acceptors (Lipinski definition) is 0. The summed E-state index contributed by atoms with van der Waals surface area (Å²) < 4.78 is 71.5. The average molecular weight is 413 g/mol. The van der Waals surface area contributed by atoms with E-state index in [9.17, 15) is 26.3 Å². The molecule has 0 spiro atoms. The van der Waals surface area contributed by atoms with Gasteiger partial charge in [-0.2, -0.15) is 13.2 Å². The maximum Gasteiger partial charge on any atom is 0.416 e. The first-order chi connectivity index (χ1) is 10.00. The summed E-state index contributed by atoms with van der Waals surface area (Å²) in [6, 6.07) is 4.54. The predicted octanol–water partition coefficient (Wildman–Crippen LogP) is 6.08. The van der Waals surface area contributed by atoms with Crippen LogP contribution in [0.5, 0.6) is 0 Å². The van der Waals surface area contributed by atoms with Crippen LogP contribution in [-0.2, 0) is 23.5 Å². The van der Waals surface area contributed by atoms with Crippen molar-refractivity contribution in [3.8, 4) is 0 Å². The number of hydrogen-bond donors (Lipinski definition) is 0. The summed E-state index contributed by atoms with van der Waals surface area (Å²) in [5.74, 6) is -0.718. The first-order valence-electron chi connectivity index (χ1n) is 5.65. The first kappa shape index (κ1) is 22.9. The van der Waals surface area contributed by atoms with Crippen molar-refractivity contribution in [2.75, 3.05) is 0 Å². The minimum Gasteiger partial charge on any atom is -0.724 e. The smallest absolute Gasteiger partial charge is 0.416 e. The van der Waals surface area contributed by atoms with Crippen molar-refractivity contribution in [3.63, 3.8) is 0 Å². The van der Waals surface area contributed by atoms with E-state index in [1.54, 1.807) is 0 Å². The van der Waals surface area contributed by atoms with E-state index in [1.807, 2.05) is 0 Å². The van der Waals surface area contributed by atoms with Gasteiger partial charge in [-0.1, -0.05) is 17.7 Å². The van der Waals surface area contributed by atoms with E-state index in [1.165, 1.54) is 25.0 Å². The Morgan fingerprint density at radius 1 is 1.00 bits per heavy atom. The first-order valence-corrected chi connectivity index (χ1v) is 6.41. The van der Waals surface area contributed by atoms with Crippen LogP contribution in [0.1, 0.15) is 5.56 Å². The Morgan fingerprint density at radius 2 is 1.61 bits per heavy atom. The van der Waals surface area contributed by atoms with E-state index in [2.05, 4.69) is 0 Å². The minimum atomic E-state index is -4.30. The van der Waals surface area contributed by atoms with Crippen LogP contribution in [0.4, 0.5) is 26.3 Å². The van der Waals surface area contributed by atoms with Gasteiger partial charge in [0.15, 0.2) is 0 Å². The van der Waals surface area contributed by atoms with Crippen molar-refractivity contribution >= 4 is 23.2 Å². The van der Waals surface area contributed by atoms with E-state index in [0.717, 1.165) is 25.0 Å². The van der Waals surface area contributed by atoms with Gasteiger partial charge in [-0.05, 0) is 18.2 Å². The van der Waals surface area contributed by atoms with E-state index < -0.39 is 23.8 Å². The molecule has 1 aromatic carbocycles. The zero-order valence-corrected chi connectivity index (χ0v) is 13.8. The van der Waals surface area contributed by atoms with E-state index in [0.29, 0.717) is 0 Å². The minimum absolute atomic E-state index is 0. The molecule has 1 aromatic rings. The van der Waals surface area contributed by atoms with Gasteiger partial charge in [-0.3, -0.25) is 0 Å². The predicted molar refractivity (Wildman–Crippen MR) is 72.0 cm³/mol. The van der Waals surface area contributed by atoms with Crippen LogP contribution < -0.4 is 0 Å². The molecule has 1 fully saturated rings. The van der Waals surface area contributed by atoms with Gasteiger partial charge in [-0.15, -0.1) is 0 Å². The van der Waals surface area contributed by atoms with Crippen LogP contribution >= 0.6 is 23.2 Å². The van der Waals surface area contributed by atoms with Crippen molar-refractivity contribution in [1.29, 1.82) is 0 Å². The summed E-state index contributed by atoms with van der Waals surface area (Å²) in [7, 11) is 0. The summed E-state index contributed by atoms with van der Waals surface area (Å²) in [4.78, 5) is 0. The summed E-state index contributed by atoms with van der Waals surface area (Å²) in [6.07, 6.45) is -4.06. The zero-order valence-electron chi connectivity index (χ0n) is 11.1. The molecule has 0 atom stereocenters. The van der Waals surface area contributed by atoms with E-state index in [4.69, 9.17) is 23.2 Å². The molecule has 1 aliphatic carbocycles. The molecule has 0 nitrogen and oxygen atoms in total. The molecule has 132 valence electrons. The fraction of sp³-hybridized carbons (Fsp3) is 0.143. The van der Waals surface area contributed by atoms with Gasteiger partial charge in [0.05, 0.1) is 5.56 Å². The average Bonchev–Trinajstić information content (AvgIpc) is 2.37. The topological polar surface area (TPSA) is 0 Å². The normalized spacial score (nSPS) is 17.0. The Hall–Kier alpha value is -0.0875. The van der Waals surface area contributed by atoms with Crippen molar-refractivity contribution in [3.05, 3.63) is 71.8 Å². The molecule has 0 bridgehead atoms. The Bertz CT molecular complexity index is 475. The molecule has 0 unspecified atom stereocenters. The fourth-order valence-corrected chi connectivity index (χ4v) is 1.71. The molecule has 23 heavy (non-hydrogen) atoms. The van der Waals surface area contributed by atoms with Gasteiger partial charge in [0.1, 0.15) is 0 Å². The summed E-state index contributed by atoms with van der Waals surface area (Å²) in [6.45, 7) is 0. The third-order valence-electron chi connectivity index (χ3n) is 2.30. The van der Waals surface area contributed by atoms with Crippen LogP contribution in [0.25, 0.3) is 0 Å². The molecular formula is C14H8Cl2CrF6-6. The van der Waals surface area contributed by atoms with Crippen LogP contribution in [0.2, 0.25) is 5.02 Å². The fourth-order valence-electron chi connectivity index (χ4n) is 1.33. The quantitative estimate of drug-likeness (QED) is 0.357. The van der Waals surface area contributed by atoms with Gasteiger partial charge < -0.3 is 48.6 Å². The van der Waals surface area contributed by atoms with E-state index >= 15 is 0 Å². The maximum absolute atomic E-state index is 11.9. The van der Waals surface area contributed by atoms with Gasteiger partial charge in [0.25, 0.3) is 0 Å².